The number of anilines is 1. The summed E-state index contributed by atoms with van der Waals surface area (Å²) in [6.45, 7) is 3.52. The number of carbonyl (C=O) groups is 2. The van der Waals surface area contributed by atoms with E-state index in [0.29, 0.717) is 38.5 Å². The second-order valence-corrected chi connectivity index (χ2v) is 7.75. The Balaban J connectivity index is 1.75. The summed E-state index contributed by atoms with van der Waals surface area (Å²) < 4.78 is 5.01. The molecule has 2 aromatic rings. The Morgan fingerprint density at radius 1 is 1.25 bits per heavy atom. The summed E-state index contributed by atoms with van der Waals surface area (Å²) >= 11 is 12.2. The molecular weight excluding hydrogens is 403 g/mol. The van der Waals surface area contributed by atoms with Crippen LogP contribution in [-0.4, -0.2) is 28.0 Å². The van der Waals surface area contributed by atoms with Crippen LogP contribution in [0.25, 0.3) is 0 Å². The van der Waals surface area contributed by atoms with Gasteiger partial charge >= 0.3 is 6.03 Å². The molecule has 0 saturated heterocycles. The van der Waals surface area contributed by atoms with Crippen molar-refractivity contribution >= 4 is 41.0 Å². The number of nitrogens with zero attached hydrogens (tertiary/aromatic N) is 2. The van der Waals surface area contributed by atoms with Crippen molar-refractivity contribution in [1.29, 1.82) is 0 Å². The zero-order valence-corrected chi connectivity index (χ0v) is 16.8. The predicted octanol–water partition coefficient (Wildman–Crippen LogP) is 4.43. The molecule has 1 saturated carbocycles. The topological polar surface area (TPSA) is 87.5 Å². The number of nitrogens with one attached hydrogen (secondary N) is 2. The molecule has 28 heavy (non-hydrogen) atoms. The van der Waals surface area contributed by atoms with E-state index in [4.69, 9.17) is 27.7 Å². The van der Waals surface area contributed by atoms with Gasteiger partial charge in [-0.1, -0.05) is 34.4 Å². The van der Waals surface area contributed by atoms with E-state index < -0.39 is 6.04 Å². The molecule has 1 aromatic heterocycles. The maximum absolute atomic E-state index is 13.1. The number of hydrogen-bond donors (Lipinski definition) is 2. The maximum atomic E-state index is 13.1. The van der Waals surface area contributed by atoms with Crippen molar-refractivity contribution in [2.24, 2.45) is 0 Å². The van der Waals surface area contributed by atoms with E-state index in [-0.39, 0.29) is 18.0 Å². The minimum atomic E-state index is -0.662. The van der Waals surface area contributed by atoms with Crippen molar-refractivity contribution < 1.29 is 14.1 Å². The minimum Gasteiger partial charge on any atom is -0.360 e. The molecular formula is C19H18Cl2N4O3. The number of allylic oxidation sites excluding steroid dienone is 1. The molecule has 0 bridgehead atoms. The number of aryl methyl sites for hydroxylation is 1. The van der Waals surface area contributed by atoms with Crippen LogP contribution in [0, 0.1) is 6.92 Å². The first-order chi connectivity index (χ1) is 13.3. The first kappa shape index (κ1) is 18.8. The number of aromatic nitrogens is 1. The highest BCUT2D eigenvalue weighted by Gasteiger charge is 2.42. The fraction of sp³-hybridized carbons (Fsp3) is 0.316. The lowest BCUT2D eigenvalue weighted by Crippen LogP contribution is -2.49. The largest absolute Gasteiger partial charge is 0.360 e. The van der Waals surface area contributed by atoms with Crippen LogP contribution in [0.15, 0.2) is 40.1 Å². The third-order valence-corrected chi connectivity index (χ3v) is 5.57. The second-order valence-electron chi connectivity index (χ2n) is 6.93. The van der Waals surface area contributed by atoms with Gasteiger partial charge < -0.3 is 15.2 Å². The number of rotatable bonds is 4. The minimum absolute atomic E-state index is 0.117. The quantitative estimate of drug-likeness (QED) is 0.765. The summed E-state index contributed by atoms with van der Waals surface area (Å²) in [5.74, 6) is 0.525. The molecule has 2 aliphatic rings. The van der Waals surface area contributed by atoms with Crippen LogP contribution >= 0.6 is 23.2 Å². The fourth-order valence-corrected chi connectivity index (χ4v) is 3.68. The highest BCUT2D eigenvalue weighted by atomic mass is 35.5. The summed E-state index contributed by atoms with van der Waals surface area (Å²) in [5.41, 5.74) is 1.70. The van der Waals surface area contributed by atoms with Crippen molar-refractivity contribution in [3.05, 3.63) is 56.9 Å². The molecule has 1 fully saturated rings. The van der Waals surface area contributed by atoms with Gasteiger partial charge in [0.15, 0.2) is 5.82 Å². The van der Waals surface area contributed by atoms with Gasteiger partial charge in [0.05, 0.1) is 21.7 Å². The van der Waals surface area contributed by atoms with Gasteiger partial charge in [0.1, 0.15) is 5.76 Å². The van der Waals surface area contributed by atoms with E-state index in [2.05, 4.69) is 15.8 Å². The van der Waals surface area contributed by atoms with E-state index in [0.717, 1.165) is 12.8 Å². The lowest BCUT2D eigenvalue weighted by atomic mass is 9.94. The smallest absolute Gasteiger partial charge is 0.322 e. The fourth-order valence-electron chi connectivity index (χ4n) is 3.37. The van der Waals surface area contributed by atoms with Gasteiger partial charge in [0.25, 0.3) is 5.91 Å². The predicted molar refractivity (Wildman–Crippen MR) is 105 cm³/mol. The van der Waals surface area contributed by atoms with Crippen LogP contribution < -0.4 is 10.6 Å². The molecule has 0 radical (unpaired) electrons. The summed E-state index contributed by atoms with van der Waals surface area (Å²) in [6, 6.07) is 5.89. The maximum Gasteiger partial charge on any atom is 0.322 e. The van der Waals surface area contributed by atoms with Crippen LogP contribution in [0.5, 0.6) is 0 Å². The number of benzene rings is 1. The molecule has 146 valence electrons. The highest BCUT2D eigenvalue weighted by Crippen LogP contribution is 2.38. The molecule has 1 aliphatic carbocycles. The highest BCUT2D eigenvalue weighted by molar-refractivity contribution is 6.42. The first-order valence-corrected chi connectivity index (χ1v) is 9.61. The van der Waals surface area contributed by atoms with E-state index >= 15 is 0 Å². The van der Waals surface area contributed by atoms with Crippen LogP contribution in [0.3, 0.4) is 0 Å². The summed E-state index contributed by atoms with van der Waals surface area (Å²) in [5, 5.41) is 10.2. The molecule has 4 rings (SSSR count). The van der Waals surface area contributed by atoms with Crippen LogP contribution in [0.1, 0.15) is 37.1 Å². The summed E-state index contributed by atoms with van der Waals surface area (Å²) in [7, 11) is 0. The molecule has 1 atom stereocenters. The second kappa shape index (κ2) is 7.14. The Bertz CT molecular complexity index is 997. The SMILES string of the molecule is CC1=C(C(=O)Nc2cc(C)on2)[C@@H](c2ccc(Cl)c(Cl)c2)NC(=O)N1C1CC1. The number of hydrogen-bond acceptors (Lipinski definition) is 4. The molecule has 0 spiro atoms. The van der Waals surface area contributed by atoms with Crippen molar-refractivity contribution in [1.82, 2.24) is 15.4 Å². The zero-order chi connectivity index (χ0) is 20.0. The Hall–Kier alpha value is -2.51. The standard InChI is InChI=1S/C19H18Cl2N4O3/c1-9-7-15(24-28-9)22-18(26)16-10(2)25(12-4-5-12)19(27)23-17(16)11-3-6-13(20)14(21)8-11/h3,6-8,12,17H,4-5H2,1-2H3,(H,23,27)(H,22,24,26)/t17-/m1/s1. The summed E-state index contributed by atoms with van der Waals surface area (Å²) in [4.78, 5) is 27.5. The lowest BCUT2D eigenvalue weighted by molar-refractivity contribution is -0.113. The Morgan fingerprint density at radius 2 is 2.00 bits per heavy atom. The molecule has 2 N–H and O–H groups in total. The van der Waals surface area contributed by atoms with Gasteiger partial charge in [-0.3, -0.25) is 9.69 Å². The third-order valence-electron chi connectivity index (χ3n) is 4.83. The van der Waals surface area contributed by atoms with Gasteiger partial charge in [0.2, 0.25) is 0 Å². The molecule has 0 unspecified atom stereocenters. The monoisotopic (exact) mass is 420 g/mol. The van der Waals surface area contributed by atoms with Gasteiger partial charge in [-0.25, -0.2) is 4.79 Å². The molecule has 7 nitrogen and oxygen atoms in total. The molecule has 1 aliphatic heterocycles. The van der Waals surface area contributed by atoms with Gasteiger partial charge in [-0.2, -0.15) is 0 Å². The first-order valence-electron chi connectivity index (χ1n) is 8.85. The van der Waals surface area contributed by atoms with E-state index in [1.807, 2.05) is 0 Å². The molecule has 3 amide bonds. The van der Waals surface area contributed by atoms with Gasteiger partial charge in [-0.15, -0.1) is 0 Å². The Kier molecular flexibility index (Phi) is 4.81. The number of carbonyl (C=O) groups excluding carboxylic acids is 2. The van der Waals surface area contributed by atoms with Gasteiger partial charge in [-0.05, 0) is 44.4 Å². The molecule has 1 aromatic carbocycles. The number of urea groups is 1. The Morgan fingerprint density at radius 3 is 2.61 bits per heavy atom. The molecule has 2 heterocycles. The number of amides is 3. The van der Waals surface area contributed by atoms with E-state index in [1.54, 1.807) is 43.0 Å². The van der Waals surface area contributed by atoms with Crippen molar-refractivity contribution in [2.75, 3.05) is 5.32 Å². The van der Waals surface area contributed by atoms with Crippen molar-refractivity contribution in [2.45, 2.75) is 38.8 Å². The van der Waals surface area contributed by atoms with Crippen LogP contribution in [0.4, 0.5) is 10.6 Å². The third kappa shape index (κ3) is 3.47. The average Bonchev–Trinajstić information content (AvgIpc) is 3.38. The van der Waals surface area contributed by atoms with Gasteiger partial charge in [0, 0.05) is 17.8 Å². The summed E-state index contributed by atoms with van der Waals surface area (Å²) in [6.07, 6.45) is 1.83. The lowest BCUT2D eigenvalue weighted by Gasteiger charge is -2.36. The van der Waals surface area contributed by atoms with Crippen molar-refractivity contribution in [3.63, 3.8) is 0 Å². The average molecular weight is 421 g/mol. The Labute approximate surface area is 171 Å². The molecule has 9 heteroatoms. The van der Waals surface area contributed by atoms with E-state index in [1.165, 1.54) is 0 Å². The zero-order valence-electron chi connectivity index (χ0n) is 15.3. The number of halogens is 2. The van der Waals surface area contributed by atoms with E-state index in [9.17, 15) is 9.59 Å². The van der Waals surface area contributed by atoms with Crippen molar-refractivity contribution in [3.8, 4) is 0 Å². The van der Waals surface area contributed by atoms with Crippen LogP contribution in [-0.2, 0) is 4.79 Å². The van der Waals surface area contributed by atoms with Crippen LogP contribution in [0.2, 0.25) is 10.0 Å². The normalized spacial score (nSPS) is 19.6.